The average Bonchev–Trinajstić information content (AvgIpc) is 2.88. The molecule has 1 aliphatic rings. The second-order valence-corrected chi connectivity index (χ2v) is 5.59. The van der Waals surface area contributed by atoms with Crippen LogP contribution in [0.1, 0.15) is 12.0 Å². The van der Waals surface area contributed by atoms with Gasteiger partial charge in [-0.1, -0.05) is 6.07 Å². The molecule has 2 rings (SSSR count). The number of hydrogen-bond donors (Lipinski definition) is 3. The number of hydrogen-bond acceptors (Lipinski definition) is 4. The normalized spacial score (nSPS) is 17.2. The van der Waals surface area contributed by atoms with Crippen LogP contribution < -0.4 is 21.7 Å². The number of carbonyl (C=O) groups excluding carboxylic acids is 4. The minimum absolute atomic E-state index is 0.00257. The van der Waals surface area contributed by atoms with Gasteiger partial charge in [0.2, 0.25) is 23.6 Å². The number of rotatable bonds is 5. The minimum atomic E-state index is -1.64. The Hall–Kier alpha value is -2.97. The molecule has 8 nitrogen and oxygen atoms in total. The summed E-state index contributed by atoms with van der Waals surface area (Å²) in [5.74, 6) is -4.50. The van der Waals surface area contributed by atoms with Gasteiger partial charge < -0.3 is 21.7 Å². The largest absolute Gasteiger partial charge is 0.367 e. The molecule has 0 aliphatic carbocycles. The van der Waals surface area contributed by atoms with E-state index in [2.05, 4.69) is 5.32 Å². The van der Waals surface area contributed by atoms with Crippen molar-refractivity contribution in [3.63, 3.8) is 0 Å². The summed E-state index contributed by atoms with van der Waals surface area (Å²) >= 11 is 0. The first kappa shape index (κ1) is 17.4. The fraction of sp³-hybridized carbons (Fsp3) is 0.333. The van der Waals surface area contributed by atoms with E-state index in [0.29, 0.717) is 11.3 Å². The van der Waals surface area contributed by atoms with Gasteiger partial charge in [-0.05, 0) is 24.6 Å². The summed E-state index contributed by atoms with van der Waals surface area (Å²) in [6, 6.07) is 2.68. The molecular formula is C15H17FN4O4. The van der Waals surface area contributed by atoms with Gasteiger partial charge in [0.25, 0.3) is 0 Å². The van der Waals surface area contributed by atoms with E-state index in [0.717, 1.165) is 0 Å². The maximum absolute atomic E-state index is 13.6. The Bertz CT molecular complexity index is 707. The Labute approximate surface area is 137 Å². The van der Waals surface area contributed by atoms with E-state index in [4.69, 9.17) is 11.5 Å². The lowest BCUT2D eigenvalue weighted by atomic mass is 10.1. The molecule has 0 bridgehead atoms. The summed E-state index contributed by atoms with van der Waals surface area (Å²) in [7, 11) is 0. The van der Waals surface area contributed by atoms with E-state index >= 15 is 0 Å². The van der Waals surface area contributed by atoms with Crippen LogP contribution in [-0.4, -0.2) is 36.2 Å². The Morgan fingerprint density at radius 1 is 1.29 bits per heavy atom. The molecule has 0 saturated carbocycles. The van der Waals surface area contributed by atoms with Crippen molar-refractivity contribution >= 4 is 29.3 Å². The van der Waals surface area contributed by atoms with Crippen molar-refractivity contribution in [2.75, 3.05) is 11.4 Å². The molecular weight excluding hydrogens is 319 g/mol. The van der Waals surface area contributed by atoms with Gasteiger partial charge in [0, 0.05) is 18.7 Å². The van der Waals surface area contributed by atoms with Crippen LogP contribution in [-0.2, 0) is 19.2 Å². The smallest absolute Gasteiger partial charge is 0.249 e. The SMILES string of the molecule is Cc1ccc(N2C[C@H](C(=O)NC(C(N)=O)C(N)=O)CC2=O)cc1F. The van der Waals surface area contributed by atoms with Gasteiger partial charge in [-0.3, -0.25) is 19.2 Å². The molecule has 1 atom stereocenters. The molecule has 0 radical (unpaired) electrons. The number of anilines is 1. The average molecular weight is 336 g/mol. The number of nitrogens with one attached hydrogen (secondary N) is 1. The van der Waals surface area contributed by atoms with Gasteiger partial charge >= 0.3 is 0 Å². The number of primary amides is 2. The van der Waals surface area contributed by atoms with Crippen LogP contribution in [0, 0.1) is 18.7 Å². The molecule has 0 aromatic heterocycles. The van der Waals surface area contributed by atoms with Crippen LogP contribution >= 0.6 is 0 Å². The highest BCUT2D eigenvalue weighted by Gasteiger charge is 2.37. The van der Waals surface area contributed by atoms with E-state index in [1.54, 1.807) is 13.0 Å². The van der Waals surface area contributed by atoms with E-state index < -0.39 is 35.5 Å². The Morgan fingerprint density at radius 3 is 2.46 bits per heavy atom. The Kier molecular flexibility index (Phi) is 4.82. The summed E-state index contributed by atoms with van der Waals surface area (Å²) < 4.78 is 13.6. The van der Waals surface area contributed by atoms with Gasteiger partial charge in [-0.15, -0.1) is 0 Å². The molecule has 1 aromatic carbocycles. The standard InChI is InChI=1S/C15H17FN4O4/c1-7-2-3-9(5-10(7)16)20-6-8(4-11(20)21)15(24)19-12(13(17)22)14(18)23/h2-3,5,8,12H,4,6H2,1H3,(H2,17,22)(H2,18,23)(H,19,24)/t8-/m1/s1. The van der Waals surface area contributed by atoms with Crippen molar-refractivity contribution in [3.05, 3.63) is 29.6 Å². The summed E-state index contributed by atoms with van der Waals surface area (Å²) in [6.45, 7) is 1.59. The van der Waals surface area contributed by atoms with E-state index in [-0.39, 0.29) is 18.9 Å². The summed E-state index contributed by atoms with van der Waals surface area (Å²) in [6.07, 6.45) is -0.133. The highest BCUT2D eigenvalue weighted by Crippen LogP contribution is 2.26. The fourth-order valence-electron chi connectivity index (χ4n) is 2.42. The van der Waals surface area contributed by atoms with Crippen LogP contribution in [0.3, 0.4) is 0 Å². The third kappa shape index (κ3) is 3.50. The third-order valence-electron chi connectivity index (χ3n) is 3.82. The zero-order valence-electron chi connectivity index (χ0n) is 12.9. The third-order valence-corrected chi connectivity index (χ3v) is 3.82. The maximum atomic E-state index is 13.6. The van der Waals surface area contributed by atoms with Crippen LogP contribution in [0.15, 0.2) is 18.2 Å². The lowest BCUT2D eigenvalue weighted by Gasteiger charge is -2.18. The van der Waals surface area contributed by atoms with Crippen molar-refractivity contribution in [1.29, 1.82) is 0 Å². The molecule has 0 unspecified atom stereocenters. The van der Waals surface area contributed by atoms with E-state index in [1.165, 1.54) is 17.0 Å². The monoisotopic (exact) mass is 336 g/mol. The number of nitrogens with two attached hydrogens (primary N) is 2. The number of benzene rings is 1. The second-order valence-electron chi connectivity index (χ2n) is 5.59. The summed E-state index contributed by atoms with van der Waals surface area (Å²) in [5, 5.41) is 2.13. The van der Waals surface area contributed by atoms with Crippen molar-refractivity contribution in [2.24, 2.45) is 17.4 Å². The Morgan fingerprint density at radius 2 is 1.92 bits per heavy atom. The van der Waals surface area contributed by atoms with Crippen LogP contribution in [0.2, 0.25) is 0 Å². The first-order chi connectivity index (χ1) is 11.2. The molecule has 1 aromatic rings. The van der Waals surface area contributed by atoms with Gasteiger partial charge in [-0.2, -0.15) is 0 Å². The zero-order valence-corrected chi connectivity index (χ0v) is 12.9. The summed E-state index contributed by atoms with van der Waals surface area (Å²) in [5.41, 5.74) is 10.7. The topological polar surface area (TPSA) is 136 Å². The zero-order chi connectivity index (χ0) is 18.0. The van der Waals surface area contributed by atoms with E-state index in [1.807, 2.05) is 0 Å². The summed E-state index contributed by atoms with van der Waals surface area (Å²) in [4.78, 5) is 47.7. The predicted octanol–water partition coefficient (Wildman–Crippen LogP) is -1.06. The van der Waals surface area contributed by atoms with Gasteiger partial charge in [-0.25, -0.2) is 4.39 Å². The second kappa shape index (κ2) is 6.65. The number of amides is 4. The number of halogens is 1. The number of nitrogens with zero attached hydrogens (tertiary/aromatic N) is 1. The first-order valence-corrected chi connectivity index (χ1v) is 7.16. The first-order valence-electron chi connectivity index (χ1n) is 7.16. The molecule has 5 N–H and O–H groups in total. The molecule has 1 saturated heterocycles. The van der Waals surface area contributed by atoms with Crippen LogP contribution in [0.25, 0.3) is 0 Å². The predicted molar refractivity (Wildman–Crippen MR) is 81.9 cm³/mol. The van der Waals surface area contributed by atoms with Gasteiger partial charge in [0.05, 0.1) is 5.92 Å². The molecule has 128 valence electrons. The van der Waals surface area contributed by atoms with Crippen LogP contribution in [0.5, 0.6) is 0 Å². The van der Waals surface area contributed by atoms with Crippen molar-refractivity contribution in [1.82, 2.24) is 5.32 Å². The quantitative estimate of drug-likeness (QED) is 0.591. The van der Waals surface area contributed by atoms with Crippen molar-refractivity contribution < 1.29 is 23.6 Å². The van der Waals surface area contributed by atoms with E-state index in [9.17, 15) is 23.6 Å². The Balaban J connectivity index is 2.11. The lowest BCUT2D eigenvalue weighted by Crippen LogP contribution is -2.54. The van der Waals surface area contributed by atoms with Gasteiger partial charge in [0.15, 0.2) is 6.04 Å². The molecule has 4 amide bonds. The van der Waals surface area contributed by atoms with Crippen LogP contribution in [0.4, 0.5) is 10.1 Å². The fourth-order valence-corrected chi connectivity index (χ4v) is 2.42. The minimum Gasteiger partial charge on any atom is -0.367 e. The highest BCUT2D eigenvalue weighted by molar-refractivity contribution is 6.07. The molecule has 1 aliphatic heterocycles. The highest BCUT2D eigenvalue weighted by atomic mass is 19.1. The number of carbonyl (C=O) groups is 4. The molecule has 1 fully saturated rings. The molecule has 1 heterocycles. The lowest BCUT2D eigenvalue weighted by molar-refractivity contribution is -0.135. The van der Waals surface area contributed by atoms with Crippen molar-refractivity contribution in [3.8, 4) is 0 Å². The maximum Gasteiger partial charge on any atom is 0.249 e. The number of aryl methyl sites for hydroxylation is 1. The van der Waals surface area contributed by atoms with Gasteiger partial charge in [0.1, 0.15) is 5.82 Å². The molecule has 24 heavy (non-hydrogen) atoms. The molecule has 0 spiro atoms. The van der Waals surface area contributed by atoms with Crippen molar-refractivity contribution in [2.45, 2.75) is 19.4 Å². The molecule has 9 heteroatoms.